The van der Waals surface area contributed by atoms with Crippen LogP contribution < -0.4 is 0 Å². The van der Waals surface area contributed by atoms with Gasteiger partial charge in [-0.3, -0.25) is 14.5 Å². The van der Waals surface area contributed by atoms with Crippen molar-refractivity contribution >= 4 is 28.9 Å². The zero-order valence-electron chi connectivity index (χ0n) is 23.3. The molecule has 1 unspecified atom stereocenters. The minimum absolute atomic E-state index is 0.0660. The Hall–Kier alpha value is -3.38. The number of carbonyl (C=O) groups excluding carboxylic acids is 2. The van der Waals surface area contributed by atoms with E-state index in [0.717, 1.165) is 63.8 Å². The number of rotatable bonds is 8. The van der Waals surface area contributed by atoms with E-state index in [0.29, 0.717) is 18.4 Å². The Kier molecular flexibility index (Phi) is 8.82. The largest absolute Gasteiger partial charge is 0.465 e. The molecule has 6 nitrogen and oxygen atoms in total. The molecular formula is C33H41N3O3. The Morgan fingerprint density at radius 3 is 2.54 bits per heavy atom. The number of piperidine rings is 2. The van der Waals surface area contributed by atoms with Crippen LogP contribution in [0.2, 0.25) is 0 Å². The van der Waals surface area contributed by atoms with Crippen LogP contribution >= 0.6 is 0 Å². The summed E-state index contributed by atoms with van der Waals surface area (Å²) in [6.45, 7) is 7.61. The van der Waals surface area contributed by atoms with Crippen LogP contribution in [0.1, 0.15) is 61.6 Å². The number of ether oxygens (including phenoxy) is 1. The second-order valence-corrected chi connectivity index (χ2v) is 11.1. The van der Waals surface area contributed by atoms with Crippen LogP contribution in [-0.4, -0.2) is 65.5 Å². The maximum absolute atomic E-state index is 13.1. The maximum atomic E-state index is 13.1. The molecule has 1 amide bonds. The summed E-state index contributed by atoms with van der Waals surface area (Å²) in [6.07, 6.45) is 10.5. The predicted molar refractivity (Wildman–Crippen MR) is 156 cm³/mol. The van der Waals surface area contributed by atoms with Crippen molar-refractivity contribution in [2.24, 2.45) is 5.92 Å². The van der Waals surface area contributed by atoms with Gasteiger partial charge < -0.3 is 14.6 Å². The average Bonchev–Trinajstić information content (AvgIpc) is 3.39. The summed E-state index contributed by atoms with van der Waals surface area (Å²) in [5, 5.41) is 1.31. The summed E-state index contributed by atoms with van der Waals surface area (Å²) in [5.74, 6) is 0.886. The molecule has 5 rings (SSSR count). The molecule has 39 heavy (non-hydrogen) atoms. The first-order chi connectivity index (χ1) is 19.0. The Labute approximate surface area is 232 Å². The number of hydrogen-bond acceptors (Lipinski definition) is 4. The standard InChI is InChI=1S/C33H41N3O3/c1-3-39-33(38)31(35-19-15-27(16-20-35)29-23-34-30-10-5-4-9-28(29)30)22-26-13-17-36(18-14-26)32(37)12-11-25-8-6-7-24(2)21-25/h4-12,21,23,26-27,31,34H,3,13-20,22H2,1-2H3/b12-11+. The van der Waals surface area contributed by atoms with Crippen LogP contribution in [0.25, 0.3) is 17.0 Å². The average molecular weight is 528 g/mol. The fraction of sp³-hybridized carbons (Fsp3) is 0.455. The van der Waals surface area contributed by atoms with E-state index in [2.05, 4.69) is 59.4 Å². The third-order valence-electron chi connectivity index (χ3n) is 8.53. The number of hydrogen-bond donors (Lipinski definition) is 1. The number of carbonyl (C=O) groups is 2. The van der Waals surface area contributed by atoms with Crippen molar-refractivity contribution < 1.29 is 14.3 Å². The highest BCUT2D eigenvalue weighted by atomic mass is 16.5. The molecule has 0 radical (unpaired) electrons. The van der Waals surface area contributed by atoms with Gasteiger partial charge in [0.25, 0.3) is 0 Å². The van der Waals surface area contributed by atoms with E-state index in [1.54, 1.807) is 6.08 Å². The zero-order chi connectivity index (χ0) is 27.2. The van der Waals surface area contributed by atoms with E-state index in [1.807, 2.05) is 30.0 Å². The molecule has 3 aromatic rings. The Bertz CT molecular complexity index is 1300. The monoisotopic (exact) mass is 527 g/mol. The number of esters is 1. The van der Waals surface area contributed by atoms with Gasteiger partial charge in [0.05, 0.1) is 6.61 Å². The van der Waals surface area contributed by atoms with Gasteiger partial charge in [0.2, 0.25) is 5.91 Å². The van der Waals surface area contributed by atoms with E-state index in [-0.39, 0.29) is 17.9 Å². The lowest BCUT2D eigenvalue weighted by Gasteiger charge is -2.39. The van der Waals surface area contributed by atoms with Gasteiger partial charge in [0, 0.05) is 36.3 Å². The number of aryl methyl sites for hydroxylation is 1. The van der Waals surface area contributed by atoms with Gasteiger partial charge in [0.15, 0.2) is 0 Å². The lowest BCUT2D eigenvalue weighted by Crippen LogP contribution is -2.48. The zero-order valence-corrected chi connectivity index (χ0v) is 23.3. The molecule has 2 fully saturated rings. The summed E-state index contributed by atoms with van der Waals surface area (Å²) in [6, 6.07) is 16.4. The molecule has 2 aliphatic heterocycles. The lowest BCUT2D eigenvalue weighted by molar-refractivity contribution is -0.151. The van der Waals surface area contributed by atoms with Crippen LogP contribution in [0, 0.1) is 12.8 Å². The maximum Gasteiger partial charge on any atom is 0.323 e. The van der Waals surface area contributed by atoms with Crippen molar-refractivity contribution in [3.63, 3.8) is 0 Å². The summed E-state index contributed by atoms with van der Waals surface area (Å²) < 4.78 is 5.54. The van der Waals surface area contributed by atoms with Crippen molar-refractivity contribution in [2.75, 3.05) is 32.8 Å². The van der Waals surface area contributed by atoms with Gasteiger partial charge in [-0.25, -0.2) is 0 Å². The molecule has 2 aromatic carbocycles. The highest BCUT2D eigenvalue weighted by Gasteiger charge is 2.34. The quantitative estimate of drug-likeness (QED) is 0.291. The van der Waals surface area contributed by atoms with Gasteiger partial charge in [-0.05, 0) is 94.1 Å². The Balaban J connectivity index is 1.15. The lowest BCUT2D eigenvalue weighted by atomic mass is 9.86. The first kappa shape index (κ1) is 27.2. The van der Waals surface area contributed by atoms with Crippen LogP contribution in [0.5, 0.6) is 0 Å². The molecule has 6 heteroatoms. The fourth-order valence-electron chi connectivity index (χ4n) is 6.34. The van der Waals surface area contributed by atoms with Crippen molar-refractivity contribution in [3.8, 4) is 0 Å². The first-order valence-corrected chi connectivity index (χ1v) is 14.5. The first-order valence-electron chi connectivity index (χ1n) is 14.5. The van der Waals surface area contributed by atoms with Gasteiger partial charge in [-0.2, -0.15) is 0 Å². The summed E-state index contributed by atoms with van der Waals surface area (Å²) in [7, 11) is 0. The molecule has 0 aliphatic carbocycles. The van der Waals surface area contributed by atoms with Gasteiger partial charge in [-0.1, -0.05) is 48.0 Å². The fourth-order valence-corrected chi connectivity index (χ4v) is 6.34. The van der Waals surface area contributed by atoms with Gasteiger partial charge in [-0.15, -0.1) is 0 Å². The molecule has 0 bridgehead atoms. The molecule has 1 aromatic heterocycles. The summed E-state index contributed by atoms with van der Waals surface area (Å²) in [4.78, 5) is 33.6. The minimum Gasteiger partial charge on any atom is -0.465 e. The van der Waals surface area contributed by atoms with Crippen LogP contribution in [0.4, 0.5) is 0 Å². The second-order valence-electron chi connectivity index (χ2n) is 11.1. The molecule has 0 spiro atoms. The third kappa shape index (κ3) is 6.62. The van der Waals surface area contributed by atoms with Gasteiger partial charge >= 0.3 is 5.97 Å². The normalized spacial score (nSPS) is 18.6. The molecule has 1 N–H and O–H groups in total. The number of aromatic nitrogens is 1. The highest BCUT2D eigenvalue weighted by Crippen LogP contribution is 2.35. The van der Waals surface area contributed by atoms with E-state index in [9.17, 15) is 9.59 Å². The molecule has 1 atom stereocenters. The number of para-hydroxylation sites is 1. The smallest absolute Gasteiger partial charge is 0.323 e. The van der Waals surface area contributed by atoms with Crippen molar-refractivity contribution in [1.29, 1.82) is 0 Å². The number of fused-ring (bicyclic) bond motifs is 1. The predicted octanol–water partition coefficient (Wildman–Crippen LogP) is 5.93. The number of nitrogens with one attached hydrogen (secondary N) is 1. The van der Waals surface area contributed by atoms with E-state index < -0.39 is 0 Å². The summed E-state index contributed by atoms with van der Waals surface area (Å²) in [5.41, 5.74) is 4.81. The molecular weight excluding hydrogens is 486 g/mol. The van der Waals surface area contributed by atoms with Crippen LogP contribution in [0.15, 0.2) is 60.8 Å². The third-order valence-corrected chi connectivity index (χ3v) is 8.53. The SMILES string of the molecule is CCOC(=O)C(CC1CCN(C(=O)/C=C/c2cccc(C)c2)CC1)N1CCC(c2c[nH]c3ccccc23)CC1. The van der Waals surface area contributed by atoms with Crippen LogP contribution in [0.3, 0.4) is 0 Å². The summed E-state index contributed by atoms with van der Waals surface area (Å²) >= 11 is 0. The van der Waals surface area contributed by atoms with E-state index in [4.69, 9.17) is 4.74 Å². The van der Waals surface area contributed by atoms with E-state index >= 15 is 0 Å². The molecule has 3 heterocycles. The number of benzene rings is 2. The van der Waals surface area contributed by atoms with Crippen LogP contribution in [-0.2, 0) is 14.3 Å². The number of likely N-dealkylation sites (tertiary alicyclic amines) is 2. The number of nitrogens with zero attached hydrogens (tertiary/aromatic N) is 2. The second kappa shape index (κ2) is 12.6. The van der Waals surface area contributed by atoms with Gasteiger partial charge in [0.1, 0.15) is 6.04 Å². The molecule has 0 saturated carbocycles. The Morgan fingerprint density at radius 2 is 1.79 bits per heavy atom. The van der Waals surface area contributed by atoms with Crippen molar-refractivity contribution in [2.45, 2.75) is 57.9 Å². The van der Waals surface area contributed by atoms with Crippen molar-refractivity contribution in [1.82, 2.24) is 14.8 Å². The highest BCUT2D eigenvalue weighted by molar-refractivity contribution is 5.91. The number of amides is 1. The number of H-pyrrole nitrogens is 1. The molecule has 206 valence electrons. The molecule has 2 saturated heterocycles. The Morgan fingerprint density at radius 1 is 1.03 bits per heavy atom. The topological polar surface area (TPSA) is 65.6 Å². The minimum atomic E-state index is -0.206. The molecule has 2 aliphatic rings. The van der Waals surface area contributed by atoms with Crippen molar-refractivity contribution in [3.05, 3.63) is 77.5 Å². The van der Waals surface area contributed by atoms with E-state index in [1.165, 1.54) is 22.0 Å². The number of aromatic amines is 1.